The van der Waals surface area contributed by atoms with E-state index in [0.717, 1.165) is 12.4 Å². The summed E-state index contributed by atoms with van der Waals surface area (Å²) in [4.78, 5) is 8.25. The van der Waals surface area contributed by atoms with E-state index in [1.807, 2.05) is 6.07 Å². The van der Waals surface area contributed by atoms with Gasteiger partial charge in [-0.3, -0.25) is 0 Å². The van der Waals surface area contributed by atoms with E-state index >= 15 is 0 Å². The van der Waals surface area contributed by atoms with Crippen molar-refractivity contribution in [1.29, 1.82) is 0 Å². The van der Waals surface area contributed by atoms with Crippen LogP contribution in [0.2, 0.25) is 0 Å². The summed E-state index contributed by atoms with van der Waals surface area (Å²) in [5.41, 5.74) is 0. The van der Waals surface area contributed by atoms with Gasteiger partial charge in [0.2, 0.25) is 5.95 Å². The number of rotatable bonds is 4. The van der Waals surface area contributed by atoms with Gasteiger partial charge in [-0.25, -0.2) is 9.97 Å². The van der Waals surface area contributed by atoms with E-state index in [9.17, 15) is 0 Å². The van der Waals surface area contributed by atoms with Crippen molar-refractivity contribution in [2.75, 3.05) is 5.32 Å². The Morgan fingerprint density at radius 2 is 1.92 bits per heavy atom. The Balaban J connectivity index is 2.57. The normalized spacial score (nSPS) is 12.9. The summed E-state index contributed by atoms with van der Waals surface area (Å²) in [6, 6.07) is 2.28. The van der Waals surface area contributed by atoms with E-state index in [1.165, 1.54) is 0 Å². The highest BCUT2D eigenvalue weighted by Gasteiger charge is 2.10. The zero-order valence-electron chi connectivity index (χ0n) is 8.49. The first-order valence-electron chi connectivity index (χ1n) is 4.77. The highest BCUT2D eigenvalue weighted by atomic mass is 15.1. The lowest BCUT2D eigenvalue weighted by Gasteiger charge is -2.20. The number of hydrogen-bond acceptors (Lipinski definition) is 3. The molecule has 0 bridgehead atoms. The van der Waals surface area contributed by atoms with Crippen molar-refractivity contribution in [3.8, 4) is 0 Å². The topological polar surface area (TPSA) is 37.8 Å². The SMILES string of the molecule is CCC(Nc1ncccn1)C(C)C. The van der Waals surface area contributed by atoms with E-state index in [2.05, 4.69) is 36.1 Å². The van der Waals surface area contributed by atoms with Crippen LogP contribution in [0.1, 0.15) is 27.2 Å². The lowest BCUT2D eigenvalue weighted by molar-refractivity contribution is 0.508. The quantitative estimate of drug-likeness (QED) is 0.770. The predicted octanol–water partition coefficient (Wildman–Crippen LogP) is 2.32. The number of nitrogens with one attached hydrogen (secondary N) is 1. The lowest BCUT2D eigenvalue weighted by atomic mass is 10.0. The Kier molecular flexibility index (Phi) is 3.68. The molecule has 0 aliphatic carbocycles. The fourth-order valence-electron chi connectivity index (χ4n) is 1.28. The summed E-state index contributed by atoms with van der Waals surface area (Å²) in [5.74, 6) is 1.33. The summed E-state index contributed by atoms with van der Waals surface area (Å²) < 4.78 is 0. The van der Waals surface area contributed by atoms with Crippen LogP contribution in [0.25, 0.3) is 0 Å². The summed E-state index contributed by atoms with van der Waals surface area (Å²) in [7, 11) is 0. The van der Waals surface area contributed by atoms with Gasteiger partial charge < -0.3 is 5.32 Å². The minimum Gasteiger partial charge on any atom is -0.351 e. The van der Waals surface area contributed by atoms with Crippen LogP contribution in [0.3, 0.4) is 0 Å². The van der Waals surface area contributed by atoms with Gasteiger partial charge in [0, 0.05) is 18.4 Å². The van der Waals surface area contributed by atoms with Crippen LogP contribution >= 0.6 is 0 Å². The van der Waals surface area contributed by atoms with E-state index in [4.69, 9.17) is 0 Å². The zero-order chi connectivity index (χ0) is 9.68. The number of nitrogens with zero attached hydrogens (tertiary/aromatic N) is 2. The Bertz CT molecular complexity index is 233. The van der Waals surface area contributed by atoms with Gasteiger partial charge >= 0.3 is 0 Å². The second-order valence-corrected chi connectivity index (χ2v) is 3.48. The maximum atomic E-state index is 4.13. The molecule has 3 heteroatoms. The second kappa shape index (κ2) is 4.80. The molecule has 0 radical (unpaired) electrons. The molecular weight excluding hydrogens is 162 g/mol. The maximum Gasteiger partial charge on any atom is 0.222 e. The van der Waals surface area contributed by atoms with Crippen LogP contribution < -0.4 is 5.32 Å². The summed E-state index contributed by atoms with van der Waals surface area (Å²) in [5, 5.41) is 3.31. The second-order valence-electron chi connectivity index (χ2n) is 3.48. The fourth-order valence-corrected chi connectivity index (χ4v) is 1.28. The Morgan fingerprint density at radius 3 is 2.38 bits per heavy atom. The first kappa shape index (κ1) is 9.96. The van der Waals surface area contributed by atoms with Crippen molar-refractivity contribution in [1.82, 2.24) is 9.97 Å². The minimum absolute atomic E-state index is 0.461. The van der Waals surface area contributed by atoms with Gasteiger partial charge in [-0.1, -0.05) is 20.8 Å². The molecule has 1 N–H and O–H groups in total. The smallest absolute Gasteiger partial charge is 0.222 e. The monoisotopic (exact) mass is 179 g/mol. The molecule has 0 spiro atoms. The molecule has 72 valence electrons. The van der Waals surface area contributed by atoms with Crippen molar-refractivity contribution >= 4 is 5.95 Å². The van der Waals surface area contributed by atoms with Gasteiger partial charge in [0.15, 0.2) is 0 Å². The third-order valence-electron chi connectivity index (χ3n) is 2.12. The standard InChI is InChI=1S/C10H17N3/c1-4-9(8(2)3)13-10-11-6-5-7-12-10/h5-9H,4H2,1-3H3,(H,11,12,13). The van der Waals surface area contributed by atoms with Crippen LogP contribution in [0.15, 0.2) is 18.5 Å². The van der Waals surface area contributed by atoms with E-state index in [0.29, 0.717) is 12.0 Å². The maximum absolute atomic E-state index is 4.13. The largest absolute Gasteiger partial charge is 0.351 e. The Labute approximate surface area is 79.6 Å². The van der Waals surface area contributed by atoms with Crippen molar-refractivity contribution in [2.24, 2.45) is 5.92 Å². The molecule has 0 saturated heterocycles. The predicted molar refractivity (Wildman–Crippen MR) is 54.6 cm³/mol. The zero-order valence-corrected chi connectivity index (χ0v) is 8.49. The van der Waals surface area contributed by atoms with Crippen LogP contribution in [-0.4, -0.2) is 16.0 Å². The highest BCUT2D eigenvalue weighted by molar-refractivity contribution is 5.24. The third-order valence-corrected chi connectivity index (χ3v) is 2.12. The van der Waals surface area contributed by atoms with Gasteiger partial charge in [0.1, 0.15) is 0 Å². The Hall–Kier alpha value is -1.12. The van der Waals surface area contributed by atoms with Crippen molar-refractivity contribution in [3.05, 3.63) is 18.5 Å². The van der Waals surface area contributed by atoms with Crippen LogP contribution in [0.5, 0.6) is 0 Å². The molecular formula is C10H17N3. The first-order chi connectivity index (χ1) is 6.24. The van der Waals surface area contributed by atoms with Gasteiger partial charge in [-0.05, 0) is 18.4 Å². The van der Waals surface area contributed by atoms with Gasteiger partial charge in [-0.2, -0.15) is 0 Å². The van der Waals surface area contributed by atoms with Gasteiger partial charge in [0.25, 0.3) is 0 Å². The lowest BCUT2D eigenvalue weighted by Crippen LogP contribution is -2.25. The summed E-state index contributed by atoms with van der Waals surface area (Å²) in [6.07, 6.45) is 4.60. The molecule has 1 aromatic rings. The average Bonchev–Trinajstić information content (AvgIpc) is 2.15. The molecule has 0 aromatic carbocycles. The van der Waals surface area contributed by atoms with E-state index in [1.54, 1.807) is 12.4 Å². The molecule has 0 amide bonds. The van der Waals surface area contributed by atoms with Crippen molar-refractivity contribution in [2.45, 2.75) is 33.2 Å². The molecule has 1 atom stereocenters. The number of aromatic nitrogens is 2. The van der Waals surface area contributed by atoms with E-state index in [-0.39, 0.29) is 0 Å². The fraction of sp³-hybridized carbons (Fsp3) is 0.600. The molecule has 1 unspecified atom stereocenters. The van der Waals surface area contributed by atoms with Crippen LogP contribution in [0, 0.1) is 5.92 Å². The molecule has 0 aliphatic rings. The Morgan fingerprint density at radius 1 is 1.31 bits per heavy atom. The molecule has 0 aliphatic heterocycles. The van der Waals surface area contributed by atoms with Gasteiger partial charge in [0.05, 0.1) is 0 Å². The molecule has 1 rings (SSSR count). The first-order valence-corrected chi connectivity index (χ1v) is 4.77. The number of hydrogen-bond donors (Lipinski definition) is 1. The highest BCUT2D eigenvalue weighted by Crippen LogP contribution is 2.10. The third kappa shape index (κ3) is 3.01. The molecule has 0 saturated carbocycles. The van der Waals surface area contributed by atoms with Crippen molar-refractivity contribution in [3.63, 3.8) is 0 Å². The average molecular weight is 179 g/mol. The summed E-state index contributed by atoms with van der Waals surface area (Å²) >= 11 is 0. The molecule has 0 fully saturated rings. The molecule has 3 nitrogen and oxygen atoms in total. The van der Waals surface area contributed by atoms with Crippen molar-refractivity contribution < 1.29 is 0 Å². The molecule has 1 aromatic heterocycles. The van der Waals surface area contributed by atoms with E-state index < -0.39 is 0 Å². The minimum atomic E-state index is 0.461. The molecule has 1 heterocycles. The summed E-state index contributed by atoms with van der Waals surface area (Å²) in [6.45, 7) is 6.56. The number of anilines is 1. The van der Waals surface area contributed by atoms with Crippen LogP contribution in [0.4, 0.5) is 5.95 Å². The van der Waals surface area contributed by atoms with Crippen LogP contribution in [-0.2, 0) is 0 Å². The van der Waals surface area contributed by atoms with Gasteiger partial charge in [-0.15, -0.1) is 0 Å². The molecule has 13 heavy (non-hydrogen) atoms.